The molecule has 0 unspecified atom stereocenters. The molecule has 0 aliphatic heterocycles. The average molecular weight is 271 g/mol. The molecule has 1 heterocycles. The summed E-state index contributed by atoms with van der Waals surface area (Å²) in [5.41, 5.74) is 7.84. The van der Waals surface area contributed by atoms with Crippen LogP contribution in [0.1, 0.15) is 11.1 Å². The fourth-order valence-electron chi connectivity index (χ4n) is 1.57. The first-order chi connectivity index (χ1) is 9.22. The van der Waals surface area contributed by atoms with Crippen LogP contribution >= 0.6 is 11.8 Å². The number of nitrogens with zero attached hydrogens (tertiary/aromatic N) is 2. The zero-order valence-corrected chi connectivity index (χ0v) is 11.3. The van der Waals surface area contributed by atoms with E-state index in [0.717, 1.165) is 16.3 Å². The standard InChI is InChI=1S/C14H13N3OS/c1-18-13-4-2-10(6-11(13)7-15)9-19-14-5-3-12(16)8-17-14/h2-6,8H,9,16H2,1H3. The number of rotatable bonds is 4. The molecule has 2 rings (SSSR count). The van der Waals surface area contributed by atoms with Gasteiger partial charge < -0.3 is 10.5 Å². The highest BCUT2D eigenvalue weighted by molar-refractivity contribution is 7.98. The van der Waals surface area contributed by atoms with Gasteiger partial charge in [0.2, 0.25) is 0 Å². The molecule has 2 aromatic rings. The van der Waals surface area contributed by atoms with Crippen molar-refractivity contribution in [2.45, 2.75) is 10.8 Å². The van der Waals surface area contributed by atoms with Crippen molar-refractivity contribution in [3.05, 3.63) is 47.7 Å². The normalized spacial score (nSPS) is 9.89. The van der Waals surface area contributed by atoms with Gasteiger partial charge in [0.25, 0.3) is 0 Å². The molecule has 0 aliphatic carbocycles. The summed E-state index contributed by atoms with van der Waals surface area (Å²) in [7, 11) is 1.56. The molecule has 0 saturated carbocycles. The zero-order chi connectivity index (χ0) is 13.7. The van der Waals surface area contributed by atoms with Gasteiger partial charge in [0.15, 0.2) is 0 Å². The molecule has 0 aliphatic rings. The van der Waals surface area contributed by atoms with E-state index < -0.39 is 0 Å². The van der Waals surface area contributed by atoms with Gasteiger partial charge >= 0.3 is 0 Å². The third kappa shape index (κ3) is 3.39. The lowest BCUT2D eigenvalue weighted by Gasteiger charge is -2.05. The molecular weight excluding hydrogens is 258 g/mol. The minimum Gasteiger partial charge on any atom is -0.495 e. The summed E-state index contributed by atoms with van der Waals surface area (Å²) < 4.78 is 5.11. The second-order valence-corrected chi connectivity index (χ2v) is 4.86. The monoisotopic (exact) mass is 271 g/mol. The van der Waals surface area contributed by atoms with Gasteiger partial charge in [0.05, 0.1) is 29.6 Å². The smallest absolute Gasteiger partial charge is 0.136 e. The van der Waals surface area contributed by atoms with E-state index in [0.29, 0.717) is 17.0 Å². The fraction of sp³-hybridized carbons (Fsp3) is 0.143. The van der Waals surface area contributed by atoms with Gasteiger partial charge in [-0.2, -0.15) is 5.26 Å². The minimum atomic E-state index is 0.547. The van der Waals surface area contributed by atoms with Crippen molar-refractivity contribution >= 4 is 17.4 Å². The Hall–Kier alpha value is -2.19. The summed E-state index contributed by atoms with van der Waals surface area (Å²) in [4.78, 5) is 4.22. The third-order valence-corrected chi connectivity index (χ3v) is 3.55. The van der Waals surface area contributed by atoms with Crippen LogP contribution in [0.5, 0.6) is 5.75 Å². The first-order valence-corrected chi connectivity index (χ1v) is 6.63. The number of benzene rings is 1. The lowest BCUT2D eigenvalue weighted by Crippen LogP contribution is -1.91. The Balaban J connectivity index is 2.08. The van der Waals surface area contributed by atoms with Gasteiger partial charge in [0.1, 0.15) is 11.8 Å². The van der Waals surface area contributed by atoms with Crippen LogP contribution in [0, 0.1) is 11.3 Å². The molecule has 0 amide bonds. The molecule has 0 saturated heterocycles. The van der Waals surface area contributed by atoms with Crippen molar-refractivity contribution < 1.29 is 4.74 Å². The van der Waals surface area contributed by atoms with Crippen LogP contribution in [-0.4, -0.2) is 12.1 Å². The Kier molecular flexibility index (Phi) is 4.26. The number of pyridine rings is 1. The number of aromatic nitrogens is 1. The molecule has 5 heteroatoms. The van der Waals surface area contributed by atoms with Gasteiger partial charge in [-0.25, -0.2) is 4.98 Å². The summed E-state index contributed by atoms with van der Waals surface area (Å²) in [6.07, 6.45) is 1.64. The van der Waals surface area contributed by atoms with Crippen molar-refractivity contribution in [2.24, 2.45) is 0 Å². The van der Waals surface area contributed by atoms with Crippen LogP contribution in [0.15, 0.2) is 41.6 Å². The van der Waals surface area contributed by atoms with E-state index in [9.17, 15) is 0 Å². The molecule has 96 valence electrons. The van der Waals surface area contributed by atoms with E-state index >= 15 is 0 Å². The maximum absolute atomic E-state index is 9.03. The highest BCUT2D eigenvalue weighted by Gasteiger charge is 2.04. The number of anilines is 1. The third-order valence-electron chi connectivity index (χ3n) is 2.53. The number of nitrogens with two attached hydrogens (primary N) is 1. The summed E-state index contributed by atoms with van der Waals surface area (Å²) in [5, 5.41) is 9.93. The second kappa shape index (κ2) is 6.12. The topological polar surface area (TPSA) is 71.9 Å². The predicted octanol–water partition coefficient (Wildman–Crippen LogP) is 2.84. The van der Waals surface area contributed by atoms with E-state index in [1.807, 2.05) is 30.3 Å². The van der Waals surface area contributed by atoms with Crippen LogP contribution < -0.4 is 10.5 Å². The molecule has 1 aromatic heterocycles. The van der Waals surface area contributed by atoms with Crippen molar-refractivity contribution in [1.82, 2.24) is 4.98 Å². The molecule has 0 fully saturated rings. The molecule has 4 nitrogen and oxygen atoms in total. The molecule has 2 N–H and O–H groups in total. The van der Waals surface area contributed by atoms with Crippen molar-refractivity contribution in [3.8, 4) is 11.8 Å². The van der Waals surface area contributed by atoms with Crippen LogP contribution in [0.25, 0.3) is 0 Å². The first-order valence-electron chi connectivity index (χ1n) is 5.64. The number of ether oxygens (including phenoxy) is 1. The fourth-order valence-corrected chi connectivity index (χ4v) is 2.35. The Morgan fingerprint density at radius 2 is 2.21 bits per heavy atom. The molecule has 1 aromatic carbocycles. The van der Waals surface area contributed by atoms with Crippen molar-refractivity contribution in [1.29, 1.82) is 5.26 Å². The average Bonchev–Trinajstić information content (AvgIpc) is 2.46. The lowest BCUT2D eigenvalue weighted by molar-refractivity contribution is 0.413. The lowest BCUT2D eigenvalue weighted by atomic mass is 10.1. The Labute approximate surface area is 116 Å². The van der Waals surface area contributed by atoms with Gasteiger partial charge in [-0.15, -0.1) is 11.8 Å². The van der Waals surface area contributed by atoms with Gasteiger partial charge in [0, 0.05) is 5.75 Å². The number of nitriles is 1. The largest absolute Gasteiger partial charge is 0.495 e. The van der Waals surface area contributed by atoms with E-state index in [4.69, 9.17) is 15.7 Å². The Morgan fingerprint density at radius 1 is 1.37 bits per heavy atom. The number of methoxy groups -OCH3 is 1. The number of nitrogen functional groups attached to an aromatic ring is 1. The summed E-state index contributed by atoms with van der Waals surface area (Å²) >= 11 is 1.60. The van der Waals surface area contributed by atoms with E-state index in [1.54, 1.807) is 25.1 Å². The molecule has 0 atom stereocenters. The van der Waals surface area contributed by atoms with E-state index in [2.05, 4.69) is 11.1 Å². The molecular formula is C14H13N3OS. The quantitative estimate of drug-likeness (QED) is 0.866. The highest BCUT2D eigenvalue weighted by atomic mass is 32.2. The second-order valence-electron chi connectivity index (χ2n) is 3.86. The minimum absolute atomic E-state index is 0.547. The van der Waals surface area contributed by atoms with Gasteiger partial charge in [-0.1, -0.05) is 6.07 Å². The summed E-state index contributed by atoms with van der Waals surface area (Å²) in [6, 6.07) is 11.4. The van der Waals surface area contributed by atoms with E-state index in [1.165, 1.54) is 0 Å². The SMILES string of the molecule is COc1ccc(CSc2ccc(N)cn2)cc1C#N. The molecule has 0 bridgehead atoms. The van der Waals surface area contributed by atoms with Crippen LogP contribution in [0.4, 0.5) is 5.69 Å². The summed E-state index contributed by atoms with van der Waals surface area (Å²) in [6.45, 7) is 0. The Bertz CT molecular complexity index is 605. The highest BCUT2D eigenvalue weighted by Crippen LogP contribution is 2.25. The van der Waals surface area contributed by atoms with E-state index in [-0.39, 0.29) is 0 Å². The first kappa shape index (κ1) is 13.2. The number of thioether (sulfide) groups is 1. The van der Waals surface area contributed by atoms with Gasteiger partial charge in [-0.3, -0.25) is 0 Å². The predicted molar refractivity (Wildman–Crippen MR) is 75.9 cm³/mol. The maximum atomic E-state index is 9.03. The van der Waals surface area contributed by atoms with Gasteiger partial charge in [-0.05, 0) is 29.8 Å². The van der Waals surface area contributed by atoms with Crippen LogP contribution in [0.2, 0.25) is 0 Å². The van der Waals surface area contributed by atoms with Crippen LogP contribution in [-0.2, 0) is 5.75 Å². The molecule has 19 heavy (non-hydrogen) atoms. The number of hydrogen-bond donors (Lipinski definition) is 1. The van der Waals surface area contributed by atoms with Crippen molar-refractivity contribution in [3.63, 3.8) is 0 Å². The molecule has 0 radical (unpaired) electrons. The zero-order valence-electron chi connectivity index (χ0n) is 10.5. The Morgan fingerprint density at radius 3 is 2.84 bits per heavy atom. The van der Waals surface area contributed by atoms with Crippen molar-refractivity contribution in [2.75, 3.05) is 12.8 Å². The summed E-state index contributed by atoms with van der Waals surface area (Å²) in [5.74, 6) is 1.34. The maximum Gasteiger partial charge on any atom is 0.136 e. The number of hydrogen-bond acceptors (Lipinski definition) is 5. The van der Waals surface area contributed by atoms with Crippen LogP contribution in [0.3, 0.4) is 0 Å². The molecule has 0 spiro atoms.